The molecule has 18 heavy (non-hydrogen) atoms. The highest BCUT2D eigenvalue weighted by Gasteiger charge is 2.14. The van der Waals surface area contributed by atoms with Crippen molar-refractivity contribution < 1.29 is 0 Å². The zero-order chi connectivity index (χ0) is 13.3. The van der Waals surface area contributed by atoms with Crippen LogP contribution in [0.25, 0.3) is 0 Å². The van der Waals surface area contributed by atoms with Crippen LogP contribution in [-0.2, 0) is 7.05 Å². The fourth-order valence-corrected chi connectivity index (χ4v) is 1.96. The van der Waals surface area contributed by atoms with Crippen molar-refractivity contribution in [2.24, 2.45) is 13.0 Å². The number of nitrogens with zero attached hydrogens (tertiary/aromatic N) is 2. The third-order valence-corrected chi connectivity index (χ3v) is 2.90. The van der Waals surface area contributed by atoms with E-state index in [0.29, 0.717) is 0 Å². The van der Waals surface area contributed by atoms with Gasteiger partial charge in [-0.2, -0.15) is 0 Å². The Kier molecular flexibility index (Phi) is 3.23. The predicted octanol–water partition coefficient (Wildman–Crippen LogP) is 1.12. The molecular formula is C13H17N3O2. The summed E-state index contributed by atoms with van der Waals surface area (Å²) in [5.41, 5.74) is 0.520. The maximum absolute atomic E-state index is 11.8. The quantitative estimate of drug-likeness (QED) is 0.796. The predicted molar refractivity (Wildman–Crippen MR) is 70.5 cm³/mol. The van der Waals surface area contributed by atoms with E-state index in [4.69, 9.17) is 0 Å². The van der Waals surface area contributed by atoms with Crippen molar-refractivity contribution in [2.45, 2.75) is 19.9 Å². The van der Waals surface area contributed by atoms with Gasteiger partial charge in [0.25, 0.3) is 0 Å². The third-order valence-electron chi connectivity index (χ3n) is 2.90. The Labute approximate surface area is 105 Å². The smallest absolute Gasteiger partial charge is 0.246 e. The van der Waals surface area contributed by atoms with Gasteiger partial charge < -0.3 is 0 Å². The number of H-pyrrole nitrogens is 1. The molecule has 0 aromatic carbocycles. The normalized spacial score (nSPS) is 22.2. The van der Waals surface area contributed by atoms with Gasteiger partial charge in [0.05, 0.1) is 6.04 Å². The van der Waals surface area contributed by atoms with Crippen molar-refractivity contribution in [3.8, 4) is 0 Å². The summed E-state index contributed by atoms with van der Waals surface area (Å²) in [5.74, 6) is 0.261. The van der Waals surface area contributed by atoms with Crippen molar-refractivity contribution in [3.05, 3.63) is 56.9 Å². The summed E-state index contributed by atoms with van der Waals surface area (Å²) >= 11 is 0. The first-order chi connectivity index (χ1) is 8.49. The summed E-state index contributed by atoms with van der Waals surface area (Å²) in [6.45, 7) is 4.10. The molecule has 1 heterocycles. The first-order valence-corrected chi connectivity index (χ1v) is 5.88. The molecule has 5 nitrogen and oxygen atoms in total. The number of rotatable bonds is 2. The second-order valence-corrected chi connectivity index (χ2v) is 4.71. The maximum Gasteiger partial charge on any atom is 0.347 e. The van der Waals surface area contributed by atoms with E-state index < -0.39 is 5.69 Å². The molecule has 1 N–H and O–H groups in total. The van der Waals surface area contributed by atoms with Crippen LogP contribution < -0.4 is 11.4 Å². The SMILES string of the molecule is CC(C)=CC1C=CC(n2[nH]c(=O)n(C)c2=O)C=C1. The summed E-state index contributed by atoms with van der Waals surface area (Å²) in [6, 6.07) is -0.215. The van der Waals surface area contributed by atoms with Crippen LogP contribution in [-0.4, -0.2) is 14.3 Å². The minimum absolute atomic E-state index is 0.215. The van der Waals surface area contributed by atoms with Gasteiger partial charge in [-0.15, -0.1) is 0 Å². The summed E-state index contributed by atoms with van der Waals surface area (Å²) in [7, 11) is 1.46. The average molecular weight is 247 g/mol. The Hall–Kier alpha value is -2.04. The zero-order valence-electron chi connectivity index (χ0n) is 10.8. The van der Waals surface area contributed by atoms with Crippen molar-refractivity contribution in [3.63, 3.8) is 0 Å². The van der Waals surface area contributed by atoms with E-state index in [0.717, 1.165) is 4.57 Å². The van der Waals surface area contributed by atoms with Gasteiger partial charge in [0.15, 0.2) is 0 Å². The Balaban J connectivity index is 2.27. The van der Waals surface area contributed by atoms with Gasteiger partial charge in [-0.1, -0.05) is 36.0 Å². The fraction of sp³-hybridized carbons (Fsp3) is 0.385. The number of hydrogen-bond acceptors (Lipinski definition) is 2. The third kappa shape index (κ3) is 2.30. The van der Waals surface area contributed by atoms with Gasteiger partial charge in [-0.25, -0.2) is 23.9 Å². The maximum atomic E-state index is 11.8. The topological polar surface area (TPSA) is 59.8 Å². The van der Waals surface area contributed by atoms with E-state index in [1.807, 2.05) is 38.2 Å². The van der Waals surface area contributed by atoms with Crippen molar-refractivity contribution in [2.75, 3.05) is 0 Å². The van der Waals surface area contributed by atoms with Gasteiger partial charge in [-0.05, 0) is 13.8 Å². The van der Waals surface area contributed by atoms with Crippen molar-refractivity contribution in [1.29, 1.82) is 0 Å². The van der Waals surface area contributed by atoms with Crippen LogP contribution in [0, 0.1) is 5.92 Å². The summed E-state index contributed by atoms with van der Waals surface area (Å²) < 4.78 is 2.39. The lowest BCUT2D eigenvalue weighted by atomic mass is 9.99. The molecule has 2 rings (SSSR count). The molecule has 1 aliphatic rings. The molecule has 0 atom stereocenters. The summed E-state index contributed by atoms with van der Waals surface area (Å²) in [5, 5.41) is 2.53. The number of nitrogens with one attached hydrogen (secondary N) is 1. The fourth-order valence-electron chi connectivity index (χ4n) is 1.96. The molecule has 1 aromatic rings. The van der Waals surface area contributed by atoms with Gasteiger partial charge in [0.2, 0.25) is 0 Å². The standard InChI is InChI=1S/C13H17N3O2/c1-9(2)8-10-4-6-11(7-5-10)16-13(18)15(3)12(17)14-16/h4-8,10-11H,1-3H3,(H,14,17). The van der Waals surface area contributed by atoms with Crippen LogP contribution in [0.1, 0.15) is 19.9 Å². The Bertz CT molecular complexity index is 622. The van der Waals surface area contributed by atoms with Crippen LogP contribution in [0.5, 0.6) is 0 Å². The lowest BCUT2D eigenvalue weighted by Gasteiger charge is -2.14. The molecule has 0 aliphatic heterocycles. The largest absolute Gasteiger partial charge is 0.347 e. The van der Waals surface area contributed by atoms with Crippen molar-refractivity contribution >= 4 is 0 Å². The molecule has 0 amide bonds. The Morgan fingerprint density at radius 1 is 1.22 bits per heavy atom. The summed E-state index contributed by atoms with van der Waals surface area (Å²) in [6.07, 6.45) is 10.0. The van der Waals surface area contributed by atoms with Crippen molar-refractivity contribution in [1.82, 2.24) is 14.3 Å². The molecule has 1 aromatic heterocycles. The van der Waals surface area contributed by atoms with Crippen LogP contribution in [0.3, 0.4) is 0 Å². The lowest BCUT2D eigenvalue weighted by molar-refractivity contribution is 0.584. The number of aromatic nitrogens is 3. The molecule has 0 fully saturated rings. The van der Waals surface area contributed by atoms with E-state index >= 15 is 0 Å². The zero-order valence-corrected chi connectivity index (χ0v) is 10.8. The van der Waals surface area contributed by atoms with Gasteiger partial charge >= 0.3 is 11.4 Å². The van der Waals surface area contributed by atoms with Crippen LogP contribution in [0.15, 0.2) is 45.5 Å². The Morgan fingerprint density at radius 2 is 1.83 bits per heavy atom. The highest BCUT2D eigenvalue weighted by Crippen LogP contribution is 2.18. The number of hydrogen-bond donors (Lipinski definition) is 1. The Morgan fingerprint density at radius 3 is 2.28 bits per heavy atom. The second-order valence-electron chi connectivity index (χ2n) is 4.71. The van der Waals surface area contributed by atoms with E-state index in [9.17, 15) is 9.59 Å². The molecule has 0 unspecified atom stereocenters. The minimum atomic E-state index is -0.395. The summed E-state index contributed by atoms with van der Waals surface area (Å²) in [4.78, 5) is 23.1. The molecule has 0 saturated carbocycles. The minimum Gasteiger partial charge on any atom is -0.246 e. The van der Waals surface area contributed by atoms with E-state index in [-0.39, 0.29) is 17.6 Å². The lowest BCUT2D eigenvalue weighted by Crippen LogP contribution is -2.27. The molecular weight excluding hydrogens is 230 g/mol. The molecule has 0 radical (unpaired) electrons. The van der Waals surface area contributed by atoms with E-state index in [1.165, 1.54) is 17.3 Å². The van der Waals surface area contributed by atoms with Gasteiger partial charge in [0, 0.05) is 13.0 Å². The van der Waals surface area contributed by atoms with Gasteiger partial charge in [-0.3, -0.25) is 0 Å². The highest BCUT2D eigenvalue weighted by molar-refractivity contribution is 5.21. The second kappa shape index (κ2) is 4.68. The number of aromatic amines is 1. The molecule has 0 bridgehead atoms. The first kappa shape index (κ1) is 12.4. The first-order valence-electron chi connectivity index (χ1n) is 5.88. The van der Waals surface area contributed by atoms with E-state index in [1.54, 1.807) is 0 Å². The molecule has 96 valence electrons. The van der Waals surface area contributed by atoms with Gasteiger partial charge in [0.1, 0.15) is 0 Å². The van der Waals surface area contributed by atoms with Crippen LogP contribution >= 0.6 is 0 Å². The molecule has 1 aliphatic carbocycles. The number of allylic oxidation sites excluding steroid dienone is 6. The van der Waals surface area contributed by atoms with Crippen LogP contribution in [0.2, 0.25) is 0 Å². The van der Waals surface area contributed by atoms with E-state index in [2.05, 4.69) is 11.2 Å². The van der Waals surface area contributed by atoms with Crippen LogP contribution in [0.4, 0.5) is 0 Å². The average Bonchev–Trinajstić information content (AvgIpc) is 2.57. The molecule has 5 heteroatoms. The monoisotopic (exact) mass is 247 g/mol. The molecule has 0 spiro atoms. The highest BCUT2D eigenvalue weighted by atomic mass is 16.2. The molecule has 0 saturated heterocycles.